The predicted molar refractivity (Wildman–Crippen MR) is 76.9 cm³/mol. The summed E-state index contributed by atoms with van der Waals surface area (Å²) in [6.07, 6.45) is -8.30. The van der Waals surface area contributed by atoms with Gasteiger partial charge in [0.05, 0.1) is 5.69 Å². The lowest BCUT2D eigenvalue weighted by Gasteiger charge is -2.02. The Hall–Kier alpha value is -2.89. The number of halogens is 6. The molecule has 0 aliphatic heterocycles. The van der Waals surface area contributed by atoms with Crippen LogP contribution in [0.3, 0.4) is 0 Å². The van der Waals surface area contributed by atoms with Gasteiger partial charge in [0, 0.05) is 0 Å². The number of rotatable bonds is 1. The maximum absolute atomic E-state index is 10.6. The van der Waals surface area contributed by atoms with Crippen molar-refractivity contribution in [2.45, 2.75) is 17.4 Å². The smallest absolute Gasteiger partial charge is 0.475 e. The first-order valence-electron chi connectivity index (χ1n) is 5.68. The van der Waals surface area contributed by atoms with E-state index >= 15 is 0 Å². The molecule has 15 heteroatoms. The average molecular weight is 408 g/mol. The fourth-order valence-corrected chi connectivity index (χ4v) is 1.22. The van der Waals surface area contributed by atoms with Gasteiger partial charge in [0.1, 0.15) is 22.5 Å². The molecular formula is C11H10F6N4O4S. The Morgan fingerprint density at radius 3 is 1.65 bits per heavy atom. The summed E-state index contributed by atoms with van der Waals surface area (Å²) in [6.45, 7) is 0. The number of carbonyl (C=O) groups is 2. The number of nitriles is 1. The number of hydrogen-bond donors (Lipinski definition) is 4. The molecule has 146 valence electrons. The highest BCUT2D eigenvalue weighted by Crippen LogP contribution is 2.22. The van der Waals surface area contributed by atoms with Gasteiger partial charge in [0.2, 0.25) is 0 Å². The van der Waals surface area contributed by atoms with E-state index in [2.05, 4.69) is 4.98 Å². The van der Waals surface area contributed by atoms with E-state index in [4.69, 9.17) is 36.5 Å². The number of carboxylic acid groups (broad SMARTS) is 2. The molecule has 0 spiro atoms. The standard InChI is InChI=1S/C7H8N4S.2C2HF3O2/c1-12-6-2-5(9)4(3-8)7(10)11-6;2*3-2(4,5)1(6)7/h2H,1H3,(H4,9,10,11);2*(H,6,7). The summed E-state index contributed by atoms with van der Waals surface area (Å²) >= 11 is 1.44. The molecule has 0 aliphatic rings. The summed E-state index contributed by atoms with van der Waals surface area (Å²) in [7, 11) is 0. The molecule has 0 amide bonds. The lowest BCUT2D eigenvalue weighted by molar-refractivity contribution is -0.193. The number of thioether (sulfide) groups is 1. The van der Waals surface area contributed by atoms with E-state index in [0.29, 0.717) is 5.69 Å². The molecule has 6 N–H and O–H groups in total. The van der Waals surface area contributed by atoms with Crippen LogP contribution in [0.4, 0.5) is 37.8 Å². The fourth-order valence-electron chi connectivity index (χ4n) is 0.786. The predicted octanol–water partition coefficient (Wildman–Crippen LogP) is 2.11. The maximum atomic E-state index is 10.6. The van der Waals surface area contributed by atoms with Crippen LogP contribution >= 0.6 is 11.8 Å². The second kappa shape index (κ2) is 10.2. The van der Waals surface area contributed by atoms with Crippen LogP contribution in [0.25, 0.3) is 0 Å². The van der Waals surface area contributed by atoms with Crippen LogP contribution in [-0.4, -0.2) is 45.7 Å². The molecule has 0 saturated heterocycles. The van der Waals surface area contributed by atoms with E-state index in [1.165, 1.54) is 11.8 Å². The molecule has 0 unspecified atom stereocenters. The molecule has 26 heavy (non-hydrogen) atoms. The van der Waals surface area contributed by atoms with Crippen LogP contribution in [0.5, 0.6) is 0 Å². The van der Waals surface area contributed by atoms with Crippen molar-refractivity contribution in [3.05, 3.63) is 11.6 Å². The van der Waals surface area contributed by atoms with Gasteiger partial charge in [-0.1, -0.05) is 0 Å². The molecule has 1 aromatic heterocycles. The number of nitrogens with two attached hydrogens (primary N) is 2. The zero-order valence-electron chi connectivity index (χ0n) is 12.5. The zero-order valence-corrected chi connectivity index (χ0v) is 13.3. The van der Waals surface area contributed by atoms with Crippen molar-refractivity contribution in [3.8, 4) is 6.07 Å². The Labute approximate surface area is 145 Å². The number of nitrogen functional groups attached to an aromatic ring is 2. The Morgan fingerprint density at radius 1 is 1.12 bits per heavy atom. The highest BCUT2D eigenvalue weighted by molar-refractivity contribution is 7.98. The van der Waals surface area contributed by atoms with Gasteiger partial charge in [-0.2, -0.15) is 31.6 Å². The summed E-state index contributed by atoms with van der Waals surface area (Å²) in [5.41, 5.74) is 11.7. The third-order valence-electron chi connectivity index (χ3n) is 1.86. The Morgan fingerprint density at radius 2 is 1.46 bits per heavy atom. The molecule has 1 rings (SSSR count). The molecule has 0 fully saturated rings. The number of hydrogen-bond acceptors (Lipinski definition) is 7. The van der Waals surface area contributed by atoms with Crippen molar-refractivity contribution >= 4 is 35.2 Å². The maximum Gasteiger partial charge on any atom is 0.490 e. The van der Waals surface area contributed by atoms with Crippen molar-refractivity contribution in [3.63, 3.8) is 0 Å². The molecule has 1 heterocycles. The van der Waals surface area contributed by atoms with E-state index in [1.807, 2.05) is 12.3 Å². The third kappa shape index (κ3) is 10.1. The lowest BCUT2D eigenvalue weighted by Crippen LogP contribution is -2.21. The van der Waals surface area contributed by atoms with E-state index in [0.717, 1.165) is 5.03 Å². The van der Waals surface area contributed by atoms with Crippen LogP contribution < -0.4 is 11.5 Å². The molecule has 0 saturated carbocycles. The number of pyridine rings is 1. The van der Waals surface area contributed by atoms with Gasteiger partial charge >= 0.3 is 24.3 Å². The van der Waals surface area contributed by atoms with Crippen LogP contribution in [0.1, 0.15) is 5.56 Å². The zero-order chi connectivity index (χ0) is 21.3. The van der Waals surface area contributed by atoms with Gasteiger partial charge in [-0.3, -0.25) is 0 Å². The van der Waals surface area contributed by atoms with Gasteiger partial charge in [0.15, 0.2) is 0 Å². The van der Waals surface area contributed by atoms with Crippen LogP contribution in [-0.2, 0) is 9.59 Å². The number of aromatic nitrogens is 1. The van der Waals surface area contributed by atoms with Crippen molar-refractivity contribution < 1.29 is 46.1 Å². The van der Waals surface area contributed by atoms with Gasteiger partial charge in [0.25, 0.3) is 0 Å². The summed E-state index contributed by atoms with van der Waals surface area (Å²) in [6, 6.07) is 3.53. The molecule has 0 aromatic carbocycles. The number of aliphatic carboxylic acids is 2. The highest BCUT2D eigenvalue weighted by atomic mass is 32.2. The number of alkyl halides is 6. The largest absolute Gasteiger partial charge is 0.490 e. The monoisotopic (exact) mass is 408 g/mol. The molecule has 0 atom stereocenters. The van der Waals surface area contributed by atoms with Crippen LogP contribution in [0, 0.1) is 11.3 Å². The molecule has 8 nitrogen and oxygen atoms in total. The van der Waals surface area contributed by atoms with E-state index < -0.39 is 24.3 Å². The SMILES string of the molecule is CSc1cc(N)c(C#N)c(N)n1.O=C(O)C(F)(F)F.O=C(O)C(F)(F)F. The first-order valence-corrected chi connectivity index (χ1v) is 6.90. The number of nitrogens with zero attached hydrogens (tertiary/aromatic N) is 2. The average Bonchev–Trinajstić information content (AvgIpc) is 2.46. The van der Waals surface area contributed by atoms with Crippen LogP contribution in [0.15, 0.2) is 11.1 Å². The van der Waals surface area contributed by atoms with Gasteiger partial charge in [-0.25, -0.2) is 14.6 Å². The summed E-state index contributed by atoms with van der Waals surface area (Å²) in [5.74, 6) is -5.32. The fraction of sp³-hybridized carbons (Fsp3) is 0.273. The van der Waals surface area contributed by atoms with Crippen molar-refractivity contribution in [2.75, 3.05) is 17.7 Å². The summed E-state index contributed by atoms with van der Waals surface area (Å²) < 4.78 is 63.5. The molecule has 1 aromatic rings. The second-order valence-electron chi connectivity index (χ2n) is 3.73. The van der Waals surface area contributed by atoms with Crippen molar-refractivity contribution in [1.29, 1.82) is 5.26 Å². The normalized spacial score (nSPS) is 10.4. The van der Waals surface area contributed by atoms with Gasteiger partial charge in [-0.15, -0.1) is 11.8 Å². The van der Waals surface area contributed by atoms with Gasteiger partial charge in [-0.05, 0) is 12.3 Å². The van der Waals surface area contributed by atoms with E-state index in [-0.39, 0.29) is 11.4 Å². The Bertz CT molecular complexity index is 640. The molecular weight excluding hydrogens is 398 g/mol. The minimum absolute atomic E-state index is 0.196. The van der Waals surface area contributed by atoms with E-state index in [9.17, 15) is 26.3 Å². The minimum atomic E-state index is -5.08. The Balaban J connectivity index is 0. The minimum Gasteiger partial charge on any atom is -0.475 e. The Kier molecular flexibility index (Phi) is 9.93. The van der Waals surface area contributed by atoms with Crippen LogP contribution in [0.2, 0.25) is 0 Å². The first-order chi connectivity index (χ1) is 11.6. The van der Waals surface area contributed by atoms with Crippen molar-refractivity contribution in [2.24, 2.45) is 0 Å². The van der Waals surface area contributed by atoms with Gasteiger partial charge < -0.3 is 21.7 Å². The summed E-state index contributed by atoms with van der Waals surface area (Å²) in [4.78, 5) is 21.8. The molecule has 0 aliphatic carbocycles. The molecule has 0 radical (unpaired) electrons. The van der Waals surface area contributed by atoms with Crippen molar-refractivity contribution in [1.82, 2.24) is 4.98 Å². The quantitative estimate of drug-likeness (QED) is 0.402. The topological polar surface area (TPSA) is 163 Å². The third-order valence-corrected chi connectivity index (χ3v) is 2.49. The molecule has 0 bridgehead atoms. The second-order valence-corrected chi connectivity index (χ2v) is 4.56. The summed E-state index contributed by atoms with van der Waals surface area (Å²) in [5, 5.41) is 23.6. The lowest BCUT2D eigenvalue weighted by atomic mass is 10.2. The number of carboxylic acids is 2. The van der Waals surface area contributed by atoms with E-state index in [1.54, 1.807) is 6.07 Å². The first kappa shape index (κ1) is 25.4. The number of anilines is 2. The highest BCUT2D eigenvalue weighted by Gasteiger charge is 2.38.